The monoisotopic (exact) mass is 352 g/mol. The highest BCUT2D eigenvalue weighted by Gasteiger charge is 2.18. The van der Waals surface area contributed by atoms with Gasteiger partial charge in [-0.25, -0.2) is 0 Å². The summed E-state index contributed by atoms with van der Waals surface area (Å²) in [4.78, 5) is 4.85. The first kappa shape index (κ1) is 16.8. The number of aromatic nitrogens is 4. The fourth-order valence-corrected chi connectivity index (χ4v) is 3.41. The van der Waals surface area contributed by atoms with Crippen LogP contribution in [-0.2, 0) is 13.0 Å². The van der Waals surface area contributed by atoms with Gasteiger partial charge in [0, 0.05) is 45.2 Å². The standard InChI is InChI=1S/C19H24N6O/c1-3-18-21-22-19-12-16(13-20-25(18)19)24-9-7-23(8-10-24)14-15-5-4-6-17(11-15)26-2/h4-6,11-13H,3,7-10,14H2,1-2H3. The maximum absolute atomic E-state index is 5.32. The van der Waals surface area contributed by atoms with E-state index in [0.717, 1.165) is 62.1 Å². The Labute approximate surface area is 153 Å². The van der Waals surface area contributed by atoms with Crippen molar-refractivity contribution < 1.29 is 4.74 Å². The van der Waals surface area contributed by atoms with Crippen LogP contribution in [0.3, 0.4) is 0 Å². The Bertz CT molecular complexity index is 885. The van der Waals surface area contributed by atoms with Gasteiger partial charge in [-0.2, -0.15) is 9.61 Å². The number of hydrogen-bond acceptors (Lipinski definition) is 6. The molecule has 26 heavy (non-hydrogen) atoms. The molecule has 0 atom stereocenters. The third kappa shape index (κ3) is 3.35. The summed E-state index contributed by atoms with van der Waals surface area (Å²) in [6, 6.07) is 10.4. The summed E-state index contributed by atoms with van der Waals surface area (Å²) in [6.07, 6.45) is 2.75. The van der Waals surface area contributed by atoms with E-state index in [1.165, 1.54) is 5.56 Å². The molecule has 1 aromatic carbocycles. The van der Waals surface area contributed by atoms with E-state index in [0.29, 0.717) is 0 Å². The molecule has 3 aromatic rings. The quantitative estimate of drug-likeness (QED) is 0.700. The van der Waals surface area contributed by atoms with Gasteiger partial charge in [0.05, 0.1) is 19.0 Å². The van der Waals surface area contributed by atoms with E-state index in [-0.39, 0.29) is 0 Å². The Hall–Kier alpha value is -2.67. The summed E-state index contributed by atoms with van der Waals surface area (Å²) in [6.45, 7) is 7.03. The first-order chi connectivity index (χ1) is 12.8. The van der Waals surface area contributed by atoms with Crippen LogP contribution >= 0.6 is 0 Å². The maximum Gasteiger partial charge on any atom is 0.179 e. The highest BCUT2D eigenvalue weighted by Crippen LogP contribution is 2.19. The van der Waals surface area contributed by atoms with Gasteiger partial charge in [0.2, 0.25) is 0 Å². The number of ether oxygens (including phenoxy) is 1. The van der Waals surface area contributed by atoms with Gasteiger partial charge in [0.1, 0.15) is 5.75 Å². The summed E-state index contributed by atoms with van der Waals surface area (Å²) in [5.41, 5.74) is 3.23. The molecule has 0 N–H and O–H groups in total. The predicted octanol–water partition coefficient (Wildman–Crippen LogP) is 2.02. The van der Waals surface area contributed by atoms with E-state index >= 15 is 0 Å². The lowest BCUT2D eigenvalue weighted by Crippen LogP contribution is -2.46. The van der Waals surface area contributed by atoms with E-state index in [9.17, 15) is 0 Å². The van der Waals surface area contributed by atoms with Crippen LogP contribution in [0.15, 0.2) is 36.5 Å². The van der Waals surface area contributed by atoms with Gasteiger partial charge in [0.15, 0.2) is 11.5 Å². The molecule has 3 heterocycles. The molecule has 0 unspecified atom stereocenters. The summed E-state index contributed by atoms with van der Waals surface area (Å²) in [7, 11) is 1.71. The smallest absolute Gasteiger partial charge is 0.179 e. The SMILES string of the molecule is CCc1nnc2cc(N3CCN(Cc4cccc(OC)c4)CC3)cnn12. The lowest BCUT2D eigenvalue weighted by molar-refractivity contribution is 0.249. The minimum Gasteiger partial charge on any atom is -0.497 e. The van der Waals surface area contributed by atoms with Crippen LogP contribution in [0.4, 0.5) is 5.69 Å². The topological polar surface area (TPSA) is 58.8 Å². The molecular formula is C19H24N6O. The number of hydrogen-bond donors (Lipinski definition) is 0. The number of anilines is 1. The molecule has 1 saturated heterocycles. The molecule has 0 amide bonds. The van der Waals surface area contributed by atoms with Crippen LogP contribution in [0.2, 0.25) is 0 Å². The van der Waals surface area contributed by atoms with Crippen molar-refractivity contribution in [3.63, 3.8) is 0 Å². The van der Waals surface area contributed by atoms with Gasteiger partial charge in [-0.1, -0.05) is 19.1 Å². The lowest BCUT2D eigenvalue weighted by atomic mass is 10.2. The fourth-order valence-electron chi connectivity index (χ4n) is 3.41. The van der Waals surface area contributed by atoms with E-state index in [4.69, 9.17) is 4.74 Å². The minimum absolute atomic E-state index is 0.818. The van der Waals surface area contributed by atoms with E-state index in [1.807, 2.05) is 16.8 Å². The summed E-state index contributed by atoms with van der Waals surface area (Å²) >= 11 is 0. The van der Waals surface area contributed by atoms with Crippen molar-refractivity contribution in [2.45, 2.75) is 19.9 Å². The van der Waals surface area contributed by atoms with E-state index in [1.54, 1.807) is 7.11 Å². The molecule has 1 fully saturated rings. The second-order valence-corrected chi connectivity index (χ2v) is 6.57. The molecule has 1 aliphatic rings. The van der Waals surface area contributed by atoms with Crippen molar-refractivity contribution in [1.29, 1.82) is 0 Å². The summed E-state index contributed by atoms with van der Waals surface area (Å²) < 4.78 is 7.14. The van der Waals surface area contributed by atoms with Gasteiger partial charge in [-0.15, -0.1) is 10.2 Å². The second-order valence-electron chi connectivity index (χ2n) is 6.57. The molecule has 0 radical (unpaired) electrons. The average molecular weight is 352 g/mol. The van der Waals surface area contributed by atoms with Gasteiger partial charge in [0.25, 0.3) is 0 Å². The fraction of sp³-hybridized carbons (Fsp3) is 0.421. The normalized spacial score (nSPS) is 15.5. The van der Waals surface area contributed by atoms with Crippen molar-refractivity contribution >= 4 is 11.3 Å². The van der Waals surface area contributed by atoms with Crippen molar-refractivity contribution in [3.8, 4) is 5.75 Å². The van der Waals surface area contributed by atoms with E-state index in [2.05, 4.69) is 56.3 Å². The Morgan fingerprint density at radius 2 is 1.92 bits per heavy atom. The Balaban J connectivity index is 1.40. The van der Waals surface area contributed by atoms with Crippen molar-refractivity contribution in [1.82, 2.24) is 24.7 Å². The van der Waals surface area contributed by atoms with Gasteiger partial charge in [-0.3, -0.25) is 4.90 Å². The van der Waals surface area contributed by atoms with Gasteiger partial charge in [-0.05, 0) is 17.7 Å². The number of rotatable bonds is 5. The Morgan fingerprint density at radius 3 is 2.69 bits per heavy atom. The number of piperazine rings is 1. The molecule has 1 aliphatic heterocycles. The van der Waals surface area contributed by atoms with Crippen molar-refractivity contribution in [3.05, 3.63) is 47.9 Å². The average Bonchev–Trinajstić information content (AvgIpc) is 3.11. The molecule has 0 saturated carbocycles. The number of aryl methyl sites for hydroxylation is 1. The number of methoxy groups -OCH3 is 1. The molecule has 7 nitrogen and oxygen atoms in total. The molecule has 2 aromatic heterocycles. The van der Waals surface area contributed by atoms with E-state index < -0.39 is 0 Å². The zero-order chi connectivity index (χ0) is 17.9. The van der Waals surface area contributed by atoms with Gasteiger partial charge >= 0.3 is 0 Å². The summed E-state index contributed by atoms with van der Waals surface area (Å²) in [5, 5.41) is 12.9. The van der Waals surface area contributed by atoms with Crippen molar-refractivity contribution in [2.75, 3.05) is 38.2 Å². The largest absolute Gasteiger partial charge is 0.497 e. The Kier molecular flexibility index (Phi) is 4.71. The lowest BCUT2D eigenvalue weighted by Gasteiger charge is -2.35. The zero-order valence-corrected chi connectivity index (χ0v) is 15.3. The minimum atomic E-state index is 0.818. The predicted molar refractivity (Wildman–Crippen MR) is 101 cm³/mol. The van der Waals surface area contributed by atoms with Crippen LogP contribution in [0.5, 0.6) is 5.75 Å². The van der Waals surface area contributed by atoms with Gasteiger partial charge < -0.3 is 9.64 Å². The molecule has 0 bridgehead atoms. The van der Waals surface area contributed by atoms with Crippen LogP contribution in [0, 0.1) is 0 Å². The third-order valence-electron chi connectivity index (χ3n) is 4.91. The highest BCUT2D eigenvalue weighted by atomic mass is 16.5. The second kappa shape index (κ2) is 7.29. The molecule has 136 valence electrons. The third-order valence-corrected chi connectivity index (χ3v) is 4.91. The first-order valence-corrected chi connectivity index (χ1v) is 9.07. The van der Waals surface area contributed by atoms with Crippen LogP contribution in [0.25, 0.3) is 5.65 Å². The first-order valence-electron chi connectivity index (χ1n) is 9.07. The molecule has 4 rings (SSSR count). The van der Waals surface area contributed by atoms with Crippen LogP contribution in [0.1, 0.15) is 18.3 Å². The van der Waals surface area contributed by atoms with Crippen LogP contribution in [-0.4, -0.2) is 58.0 Å². The number of benzene rings is 1. The highest BCUT2D eigenvalue weighted by molar-refractivity contribution is 5.54. The zero-order valence-electron chi connectivity index (χ0n) is 15.3. The number of fused-ring (bicyclic) bond motifs is 1. The van der Waals surface area contributed by atoms with Crippen molar-refractivity contribution in [2.24, 2.45) is 0 Å². The molecular weight excluding hydrogens is 328 g/mol. The Morgan fingerprint density at radius 1 is 1.08 bits per heavy atom. The number of nitrogens with zero attached hydrogens (tertiary/aromatic N) is 6. The van der Waals surface area contributed by atoms with Crippen LogP contribution < -0.4 is 9.64 Å². The molecule has 0 spiro atoms. The molecule has 0 aliphatic carbocycles. The molecule has 7 heteroatoms. The summed E-state index contributed by atoms with van der Waals surface area (Å²) in [5.74, 6) is 1.81. The maximum atomic E-state index is 5.32.